The maximum atomic E-state index is 12.9. The molecule has 0 aliphatic rings. The highest BCUT2D eigenvalue weighted by Crippen LogP contribution is 2.33. The van der Waals surface area contributed by atoms with Crippen LogP contribution in [0.1, 0.15) is 6.92 Å². The standard InChI is InChI=1S/C22H21ClN2O5S/c1-15(22(26)24-2)29-18-9-11-19(12-10-18)31(27,28)25-20-14-16(23)8-13-21(20)30-17-6-4-3-5-7-17/h3-15,25H,1-2H3,(H,24,26)/t15-/m0/s1. The summed E-state index contributed by atoms with van der Waals surface area (Å²) in [6.07, 6.45) is -0.713. The molecule has 0 bridgehead atoms. The van der Waals surface area contributed by atoms with Gasteiger partial charge in [0.05, 0.1) is 10.6 Å². The molecule has 0 fully saturated rings. The van der Waals surface area contributed by atoms with Crippen molar-refractivity contribution in [3.8, 4) is 17.2 Å². The highest BCUT2D eigenvalue weighted by atomic mass is 35.5. The molecule has 0 radical (unpaired) electrons. The lowest BCUT2D eigenvalue weighted by molar-refractivity contribution is -0.126. The van der Waals surface area contributed by atoms with Gasteiger partial charge in [0, 0.05) is 12.1 Å². The molecule has 9 heteroatoms. The Bertz CT molecular complexity index is 1150. The summed E-state index contributed by atoms with van der Waals surface area (Å²) in [7, 11) is -2.43. The molecule has 1 atom stereocenters. The van der Waals surface area contributed by atoms with Crippen LogP contribution in [-0.4, -0.2) is 27.5 Å². The van der Waals surface area contributed by atoms with Gasteiger partial charge in [-0.25, -0.2) is 8.42 Å². The molecule has 162 valence electrons. The van der Waals surface area contributed by atoms with Gasteiger partial charge in [-0.3, -0.25) is 9.52 Å². The first-order valence-corrected chi connectivity index (χ1v) is 11.2. The Morgan fingerprint density at radius 1 is 0.968 bits per heavy atom. The van der Waals surface area contributed by atoms with Gasteiger partial charge in [0.2, 0.25) is 0 Å². The smallest absolute Gasteiger partial charge is 0.262 e. The molecule has 0 unspecified atom stereocenters. The summed E-state index contributed by atoms with van der Waals surface area (Å²) >= 11 is 6.06. The van der Waals surface area contributed by atoms with E-state index in [0.29, 0.717) is 22.3 Å². The predicted molar refractivity (Wildman–Crippen MR) is 119 cm³/mol. The topological polar surface area (TPSA) is 93.7 Å². The molecule has 1 amide bonds. The van der Waals surface area contributed by atoms with E-state index in [1.165, 1.54) is 37.4 Å². The number of anilines is 1. The first-order valence-electron chi connectivity index (χ1n) is 9.32. The number of ether oxygens (including phenoxy) is 2. The Morgan fingerprint density at radius 2 is 1.65 bits per heavy atom. The average molecular weight is 461 g/mol. The lowest BCUT2D eigenvalue weighted by Crippen LogP contribution is -2.33. The van der Waals surface area contributed by atoms with E-state index in [4.69, 9.17) is 21.1 Å². The second-order valence-corrected chi connectivity index (χ2v) is 8.63. The van der Waals surface area contributed by atoms with Gasteiger partial charge in [0.25, 0.3) is 15.9 Å². The monoisotopic (exact) mass is 460 g/mol. The highest BCUT2D eigenvalue weighted by Gasteiger charge is 2.19. The van der Waals surface area contributed by atoms with Crippen LogP contribution in [0.2, 0.25) is 5.02 Å². The van der Waals surface area contributed by atoms with Crippen molar-refractivity contribution in [1.82, 2.24) is 5.32 Å². The zero-order valence-corrected chi connectivity index (χ0v) is 18.4. The summed E-state index contributed by atoms with van der Waals surface area (Å²) in [6.45, 7) is 1.60. The fourth-order valence-corrected chi connectivity index (χ4v) is 3.88. The maximum absolute atomic E-state index is 12.9. The van der Waals surface area contributed by atoms with E-state index in [0.717, 1.165) is 0 Å². The molecule has 0 aromatic heterocycles. The number of nitrogens with one attached hydrogen (secondary N) is 2. The average Bonchev–Trinajstić information content (AvgIpc) is 2.76. The fourth-order valence-electron chi connectivity index (χ4n) is 2.65. The van der Waals surface area contributed by atoms with E-state index in [2.05, 4.69) is 10.0 Å². The Morgan fingerprint density at radius 3 is 2.29 bits per heavy atom. The number of benzene rings is 3. The minimum Gasteiger partial charge on any atom is -0.481 e. The largest absolute Gasteiger partial charge is 0.481 e. The van der Waals surface area contributed by atoms with Crippen molar-refractivity contribution >= 4 is 33.2 Å². The minimum absolute atomic E-state index is 0.0121. The number of hydrogen-bond acceptors (Lipinski definition) is 5. The van der Waals surface area contributed by atoms with Crippen LogP contribution in [0, 0.1) is 0 Å². The number of carbonyl (C=O) groups is 1. The molecule has 0 saturated heterocycles. The van der Waals surface area contributed by atoms with Crippen LogP contribution in [0.4, 0.5) is 5.69 Å². The number of halogens is 1. The molecule has 3 aromatic rings. The molecular weight excluding hydrogens is 440 g/mol. The van der Waals surface area contributed by atoms with E-state index in [-0.39, 0.29) is 16.5 Å². The van der Waals surface area contributed by atoms with Gasteiger partial charge in [-0.15, -0.1) is 0 Å². The molecule has 31 heavy (non-hydrogen) atoms. The van der Waals surface area contributed by atoms with Gasteiger partial charge in [-0.1, -0.05) is 29.8 Å². The normalized spacial score (nSPS) is 12.0. The lowest BCUT2D eigenvalue weighted by atomic mass is 10.3. The van der Waals surface area contributed by atoms with Gasteiger partial charge < -0.3 is 14.8 Å². The second kappa shape index (κ2) is 9.72. The number of rotatable bonds is 8. The zero-order valence-electron chi connectivity index (χ0n) is 16.8. The Hall–Kier alpha value is -3.23. The van der Waals surface area contributed by atoms with Crippen molar-refractivity contribution in [1.29, 1.82) is 0 Å². The number of likely N-dealkylation sites (N-methyl/N-ethyl adjacent to an activating group) is 1. The number of hydrogen-bond donors (Lipinski definition) is 2. The van der Waals surface area contributed by atoms with Gasteiger partial charge in [-0.05, 0) is 61.5 Å². The van der Waals surface area contributed by atoms with Crippen LogP contribution in [0.25, 0.3) is 0 Å². The summed E-state index contributed by atoms with van der Waals surface area (Å²) in [5.41, 5.74) is 0.199. The van der Waals surface area contributed by atoms with E-state index < -0.39 is 16.1 Å². The summed E-state index contributed by atoms with van der Waals surface area (Å²) in [5, 5.41) is 2.83. The van der Waals surface area contributed by atoms with Gasteiger partial charge in [0.15, 0.2) is 11.9 Å². The van der Waals surface area contributed by atoms with Crippen molar-refractivity contribution in [2.45, 2.75) is 17.9 Å². The molecule has 3 aromatic carbocycles. The third kappa shape index (κ3) is 5.90. The van der Waals surface area contributed by atoms with Crippen LogP contribution in [0.5, 0.6) is 17.2 Å². The van der Waals surface area contributed by atoms with Crippen LogP contribution < -0.4 is 19.5 Å². The van der Waals surface area contributed by atoms with Crippen LogP contribution in [0.3, 0.4) is 0 Å². The number of sulfonamides is 1. The van der Waals surface area contributed by atoms with Crippen molar-refractivity contribution in [2.75, 3.05) is 11.8 Å². The molecule has 0 aliphatic carbocycles. The van der Waals surface area contributed by atoms with E-state index >= 15 is 0 Å². The molecule has 0 saturated carbocycles. The minimum atomic E-state index is -3.93. The van der Waals surface area contributed by atoms with E-state index in [9.17, 15) is 13.2 Å². The Labute approximate surface area is 186 Å². The Balaban J connectivity index is 1.80. The molecule has 0 aliphatic heterocycles. The number of para-hydroxylation sites is 1. The number of carbonyl (C=O) groups excluding carboxylic acids is 1. The molecule has 3 rings (SSSR count). The molecule has 0 spiro atoms. The summed E-state index contributed by atoms with van der Waals surface area (Å²) in [4.78, 5) is 11.6. The fraction of sp³-hybridized carbons (Fsp3) is 0.136. The predicted octanol–water partition coefficient (Wildman–Crippen LogP) is 4.45. The Kier molecular flexibility index (Phi) is 7.04. The first-order chi connectivity index (χ1) is 14.8. The van der Waals surface area contributed by atoms with Crippen LogP contribution in [0.15, 0.2) is 77.7 Å². The SMILES string of the molecule is CNC(=O)[C@H](C)Oc1ccc(S(=O)(=O)Nc2cc(Cl)ccc2Oc2ccccc2)cc1. The van der Waals surface area contributed by atoms with E-state index in [1.807, 2.05) is 18.2 Å². The molecule has 0 heterocycles. The van der Waals surface area contributed by atoms with Gasteiger partial charge >= 0.3 is 0 Å². The number of amides is 1. The third-order valence-electron chi connectivity index (χ3n) is 4.22. The highest BCUT2D eigenvalue weighted by molar-refractivity contribution is 7.92. The van der Waals surface area contributed by atoms with Crippen molar-refractivity contribution in [3.05, 3.63) is 77.8 Å². The quantitative estimate of drug-likeness (QED) is 0.518. The zero-order chi connectivity index (χ0) is 22.4. The van der Waals surface area contributed by atoms with Crippen molar-refractivity contribution < 1.29 is 22.7 Å². The molecule has 2 N–H and O–H groups in total. The van der Waals surface area contributed by atoms with Gasteiger partial charge in [-0.2, -0.15) is 0 Å². The third-order valence-corrected chi connectivity index (χ3v) is 5.84. The van der Waals surface area contributed by atoms with Crippen LogP contribution >= 0.6 is 11.6 Å². The summed E-state index contributed by atoms with van der Waals surface area (Å²) < 4.78 is 39.6. The van der Waals surface area contributed by atoms with Crippen molar-refractivity contribution in [2.24, 2.45) is 0 Å². The van der Waals surface area contributed by atoms with Gasteiger partial charge in [0.1, 0.15) is 11.5 Å². The van der Waals surface area contributed by atoms with Crippen LogP contribution in [-0.2, 0) is 14.8 Å². The molecular formula is C22H21ClN2O5S. The second-order valence-electron chi connectivity index (χ2n) is 6.51. The van der Waals surface area contributed by atoms with Crippen molar-refractivity contribution in [3.63, 3.8) is 0 Å². The lowest BCUT2D eigenvalue weighted by Gasteiger charge is -2.15. The first kappa shape index (κ1) is 22.5. The summed E-state index contributed by atoms with van der Waals surface area (Å²) in [6, 6.07) is 19.4. The van der Waals surface area contributed by atoms with E-state index in [1.54, 1.807) is 31.2 Å². The molecule has 7 nitrogen and oxygen atoms in total. The summed E-state index contributed by atoms with van der Waals surface area (Å²) in [5.74, 6) is 0.937. The maximum Gasteiger partial charge on any atom is 0.262 e.